The van der Waals surface area contributed by atoms with Gasteiger partial charge in [0, 0.05) is 24.4 Å². The molecule has 0 aliphatic rings. The number of pyridine rings is 1. The molecule has 0 bridgehead atoms. The second kappa shape index (κ2) is 5.12. The zero-order valence-corrected chi connectivity index (χ0v) is 11.1. The number of carbonyl (C=O) groups is 1. The van der Waals surface area contributed by atoms with Crippen molar-refractivity contribution in [3.05, 3.63) is 34.1 Å². The van der Waals surface area contributed by atoms with E-state index in [1.807, 2.05) is 0 Å². The van der Waals surface area contributed by atoms with Gasteiger partial charge in [0.15, 0.2) is 0 Å². The molecule has 2 aromatic rings. The Bertz CT molecular complexity index is 766. The Labute approximate surface area is 116 Å². The number of fused-ring (bicyclic) bond motifs is 1. The van der Waals surface area contributed by atoms with E-state index in [1.165, 1.54) is 20.1 Å². The molecule has 8 heteroatoms. The van der Waals surface area contributed by atoms with Crippen molar-refractivity contribution < 1.29 is 22.7 Å². The van der Waals surface area contributed by atoms with Gasteiger partial charge in [-0.3, -0.25) is 9.59 Å². The number of ether oxygens (including phenoxy) is 1. The third-order valence-corrected chi connectivity index (χ3v) is 2.78. The van der Waals surface area contributed by atoms with Crippen LogP contribution in [0.5, 0.6) is 5.75 Å². The Morgan fingerprint density at radius 2 is 1.95 bits per heavy atom. The van der Waals surface area contributed by atoms with Crippen LogP contribution in [-0.2, 0) is 11.0 Å². The molecule has 0 radical (unpaired) electrons. The van der Waals surface area contributed by atoms with Gasteiger partial charge in [-0.1, -0.05) is 0 Å². The molecule has 1 aromatic heterocycles. The molecule has 0 atom stereocenters. The molecule has 0 aliphatic carbocycles. The zero-order valence-electron chi connectivity index (χ0n) is 11.1. The van der Waals surface area contributed by atoms with Crippen molar-refractivity contribution >= 4 is 22.5 Å². The van der Waals surface area contributed by atoms with E-state index >= 15 is 0 Å². The van der Waals surface area contributed by atoms with Crippen LogP contribution in [0.3, 0.4) is 0 Å². The minimum Gasteiger partial charge on any atom is -0.494 e. The Morgan fingerprint density at radius 1 is 1.29 bits per heavy atom. The molecule has 1 heterocycles. The third kappa shape index (κ3) is 2.99. The number of methoxy groups -OCH3 is 1. The van der Waals surface area contributed by atoms with Crippen LogP contribution < -0.4 is 15.6 Å². The van der Waals surface area contributed by atoms with Crippen LogP contribution in [0.2, 0.25) is 0 Å². The molecule has 0 saturated carbocycles. The topological polar surface area (TPSA) is 71.2 Å². The van der Waals surface area contributed by atoms with Gasteiger partial charge in [0.2, 0.25) is 11.5 Å². The third-order valence-electron chi connectivity index (χ3n) is 2.78. The molecule has 112 valence electrons. The van der Waals surface area contributed by atoms with Crippen LogP contribution in [0.25, 0.3) is 10.9 Å². The standard InChI is InChI=1S/C13H11F3N2O3/c1-6(19)17-10-3-7-8(13(14,15)16)4-12(20)18-9(7)5-11(10)21-2/h3-5H,1-2H3,(H,17,19)(H,18,20). The second-order valence-corrected chi connectivity index (χ2v) is 4.32. The molecule has 1 amide bonds. The van der Waals surface area contributed by atoms with E-state index in [-0.39, 0.29) is 22.3 Å². The van der Waals surface area contributed by atoms with E-state index in [0.717, 1.165) is 6.07 Å². The lowest BCUT2D eigenvalue weighted by Crippen LogP contribution is -2.14. The van der Waals surface area contributed by atoms with Crippen molar-refractivity contribution in [2.24, 2.45) is 0 Å². The fourth-order valence-corrected chi connectivity index (χ4v) is 1.97. The number of alkyl halides is 3. The second-order valence-electron chi connectivity index (χ2n) is 4.32. The minimum absolute atomic E-state index is 0.0271. The van der Waals surface area contributed by atoms with Gasteiger partial charge in [0.1, 0.15) is 5.75 Å². The average molecular weight is 300 g/mol. The number of hydrogen-bond acceptors (Lipinski definition) is 3. The number of nitrogens with one attached hydrogen (secondary N) is 2. The van der Waals surface area contributed by atoms with E-state index in [2.05, 4.69) is 10.3 Å². The van der Waals surface area contributed by atoms with Crippen molar-refractivity contribution in [3.63, 3.8) is 0 Å². The van der Waals surface area contributed by atoms with Crippen molar-refractivity contribution in [1.29, 1.82) is 0 Å². The Hall–Kier alpha value is -2.51. The number of halogens is 3. The van der Waals surface area contributed by atoms with E-state index in [4.69, 9.17) is 4.74 Å². The number of anilines is 1. The lowest BCUT2D eigenvalue weighted by molar-refractivity contribution is -0.136. The first kappa shape index (κ1) is 14.9. The molecule has 2 N–H and O–H groups in total. The largest absolute Gasteiger partial charge is 0.494 e. The molecule has 2 rings (SSSR count). The molecule has 0 spiro atoms. The van der Waals surface area contributed by atoms with E-state index < -0.39 is 23.2 Å². The summed E-state index contributed by atoms with van der Waals surface area (Å²) in [5, 5.41) is 2.16. The molecule has 1 aromatic carbocycles. The van der Waals surface area contributed by atoms with Crippen molar-refractivity contribution in [2.45, 2.75) is 13.1 Å². The number of H-pyrrole nitrogens is 1. The number of aromatic amines is 1. The van der Waals surface area contributed by atoms with Gasteiger partial charge in [-0.05, 0) is 6.07 Å². The fourth-order valence-electron chi connectivity index (χ4n) is 1.97. The number of hydrogen-bond donors (Lipinski definition) is 2. The normalized spacial score (nSPS) is 11.5. The summed E-state index contributed by atoms with van der Waals surface area (Å²) in [5.41, 5.74) is -1.88. The number of benzene rings is 1. The molecule has 5 nitrogen and oxygen atoms in total. The summed E-state index contributed by atoms with van der Waals surface area (Å²) in [7, 11) is 1.30. The first-order valence-electron chi connectivity index (χ1n) is 5.82. The van der Waals surface area contributed by atoms with Gasteiger partial charge in [0.05, 0.1) is 23.9 Å². The van der Waals surface area contributed by atoms with Gasteiger partial charge >= 0.3 is 6.18 Å². The van der Waals surface area contributed by atoms with Gasteiger partial charge in [-0.25, -0.2) is 0 Å². The zero-order chi connectivity index (χ0) is 15.8. The SMILES string of the molecule is COc1cc2[nH]c(=O)cc(C(F)(F)F)c2cc1NC(C)=O. The predicted octanol–water partition coefficient (Wildman–Crippen LogP) is 2.51. The van der Waals surface area contributed by atoms with Crippen molar-refractivity contribution in [1.82, 2.24) is 4.98 Å². The summed E-state index contributed by atoms with van der Waals surface area (Å²) in [6.45, 7) is 1.22. The first-order chi connectivity index (χ1) is 9.72. The molecule has 0 fully saturated rings. The summed E-state index contributed by atoms with van der Waals surface area (Å²) >= 11 is 0. The summed E-state index contributed by atoms with van der Waals surface area (Å²) in [4.78, 5) is 24.8. The number of amides is 1. The van der Waals surface area contributed by atoms with Gasteiger partial charge in [-0.15, -0.1) is 0 Å². The van der Waals surface area contributed by atoms with Crippen LogP contribution >= 0.6 is 0 Å². The molecule has 21 heavy (non-hydrogen) atoms. The van der Waals surface area contributed by atoms with Crippen LogP contribution in [0, 0.1) is 0 Å². The maximum absolute atomic E-state index is 13.0. The summed E-state index contributed by atoms with van der Waals surface area (Å²) < 4.78 is 44.0. The predicted molar refractivity (Wildman–Crippen MR) is 70.4 cm³/mol. The highest BCUT2D eigenvalue weighted by molar-refractivity contribution is 5.96. The highest BCUT2D eigenvalue weighted by atomic mass is 19.4. The van der Waals surface area contributed by atoms with Crippen LogP contribution in [0.15, 0.2) is 23.0 Å². The van der Waals surface area contributed by atoms with Gasteiger partial charge in [0.25, 0.3) is 0 Å². The highest BCUT2D eigenvalue weighted by Gasteiger charge is 2.33. The Kier molecular flexibility index (Phi) is 3.63. The fraction of sp³-hybridized carbons (Fsp3) is 0.231. The summed E-state index contributed by atoms with van der Waals surface area (Å²) in [6.07, 6.45) is -4.69. The van der Waals surface area contributed by atoms with Crippen molar-refractivity contribution in [3.8, 4) is 5.75 Å². The quantitative estimate of drug-likeness (QED) is 0.895. The van der Waals surface area contributed by atoms with E-state index in [9.17, 15) is 22.8 Å². The smallest absolute Gasteiger partial charge is 0.417 e. The van der Waals surface area contributed by atoms with E-state index in [1.54, 1.807) is 0 Å². The first-order valence-corrected chi connectivity index (χ1v) is 5.82. The molecule has 0 saturated heterocycles. The van der Waals surface area contributed by atoms with Crippen LogP contribution in [-0.4, -0.2) is 18.0 Å². The molecule has 0 aliphatic heterocycles. The lowest BCUT2D eigenvalue weighted by Gasteiger charge is -2.14. The number of carbonyl (C=O) groups excluding carboxylic acids is 1. The highest BCUT2D eigenvalue weighted by Crippen LogP contribution is 2.37. The Morgan fingerprint density at radius 3 is 2.48 bits per heavy atom. The minimum atomic E-state index is -4.69. The monoisotopic (exact) mass is 300 g/mol. The Balaban J connectivity index is 2.82. The van der Waals surface area contributed by atoms with Gasteiger partial charge in [-0.2, -0.15) is 13.2 Å². The maximum atomic E-state index is 13.0. The van der Waals surface area contributed by atoms with E-state index in [0.29, 0.717) is 6.07 Å². The molecular weight excluding hydrogens is 289 g/mol. The van der Waals surface area contributed by atoms with Gasteiger partial charge < -0.3 is 15.0 Å². The van der Waals surface area contributed by atoms with Crippen LogP contribution in [0.4, 0.5) is 18.9 Å². The van der Waals surface area contributed by atoms with Crippen molar-refractivity contribution in [2.75, 3.05) is 12.4 Å². The average Bonchev–Trinajstić information content (AvgIpc) is 2.35. The summed E-state index contributed by atoms with van der Waals surface area (Å²) in [5.74, 6) is -0.307. The number of rotatable bonds is 2. The molecular formula is C13H11F3N2O3. The number of aromatic nitrogens is 1. The molecule has 0 unspecified atom stereocenters. The maximum Gasteiger partial charge on any atom is 0.417 e. The summed E-state index contributed by atoms with van der Waals surface area (Å²) in [6, 6.07) is 2.83. The van der Waals surface area contributed by atoms with Crippen LogP contribution in [0.1, 0.15) is 12.5 Å². The lowest BCUT2D eigenvalue weighted by atomic mass is 10.1.